The third-order valence-electron chi connectivity index (χ3n) is 5.94. The molecule has 1 unspecified atom stereocenters. The number of aromatic nitrogens is 3. The molecule has 2 aliphatic rings. The number of benzene rings is 2. The molecule has 0 aliphatic carbocycles. The van der Waals surface area contributed by atoms with Gasteiger partial charge in [-0.15, -0.1) is 10.2 Å². The number of thioether (sulfide) groups is 1. The van der Waals surface area contributed by atoms with Crippen LogP contribution in [0, 0.1) is 0 Å². The van der Waals surface area contributed by atoms with E-state index in [-0.39, 0.29) is 18.4 Å². The first-order chi connectivity index (χ1) is 16.1. The van der Waals surface area contributed by atoms with Crippen molar-refractivity contribution in [2.75, 3.05) is 34.8 Å². The minimum Gasteiger partial charge on any atom is -0.341 e. The Hall–Kier alpha value is -3.33. The van der Waals surface area contributed by atoms with Gasteiger partial charge in [0.15, 0.2) is 5.16 Å². The highest BCUT2D eigenvalue weighted by atomic mass is 32.2. The quantitative estimate of drug-likeness (QED) is 0.582. The van der Waals surface area contributed by atoms with Gasteiger partial charge in [-0.25, -0.2) is 0 Å². The molecule has 1 saturated heterocycles. The van der Waals surface area contributed by atoms with Crippen LogP contribution in [0.1, 0.15) is 26.2 Å². The van der Waals surface area contributed by atoms with Gasteiger partial charge in [0.1, 0.15) is 6.54 Å². The predicted molar refractivity (Wildman–Crippen MR) is 130 cm³/mol. The summed E-state index contributed by atoms with van der Waals surface area (Å²) in [4.78, 5) is 29.4. The molecule has 2 amide bonds. The lowest BCUT2D eigenvalue weighted by Gasteiger charge is -2.31. The zero-order chi connectivity index (χ0) is 22.8. The number of carbonyl (C=O) groups excluding carboxylic acids is 2. The van der Waals surface area contributed by atoms with Crippen LogP contribution in [0.25, 0.3) is 5.69 Å². The van der Waals surface area contributed by atoms with E-state index in [9.17, 15) is 9.59 Å². The van der Waals surface area contributed by atoms with Gasteiger partial charge >= 0.3 is 0 Å². The van der Waals surface area contributed by atoms with Gasteiger partial charge in [-0.3, -0.25) is 19.1 Å². The highest BCUT2D eigenvalue weighted by molar-refractivity contribution is 8.00. The molecule has 8 nitrogen and oxygen atoms in total. The zero-order valence-corrected chi connectivity index (χ0v) is 19.3. The Balaban J connectivity index is 1.44. The second-order valence-corrected chi connectivity index (χ2v) is 9.56. The van der Waals surface area contributed by atoms with Crippen LogP contribution in [-0.4, -0.2) is 51.5 Å². The number of amides is 2. The molecule has 0 saturated carbocycles. The first kappa shape index (κ1) is 21.5. The molecule has 2 aliphatic heterocycles. The van der Waals surface area contributed by atoms with E-state index in [1.165, 1.54) is 18.2 Å². The maximum absolute atomic E-state index is 13.4. The zero-order valence-electron chi connectivity index (χ0n) is 18.5. The number of fused-ring (bicyclic) bond motifs is 1. The highest BCUT2D eigenvalue weighted by Gasteiger charge is 2.31. The summed E-state index contributed by atoms with van der Waals surface area (Å²) in [6.07, 6.45) is 3.50. The van der Waals surface area contributed by atoms with Crippen molar-refractivity contribution in [1.82, 2.24) is 14.8 Å². The molecular formula is C24H26N6O2S. The van der Waals surface area contributed by atoms with Gasteiger partial charge in [0.25, 0.3) is 0 Å². The lowest BCUT2D eigenvalue weighted by molar-refractivity contribution is -0.121. The van der Waals surface area contributed by atoms with Gasteiger partial charge in [0, 0.05) is 13.1 Å². The topological polar surface area (TPSA) is 83.4 Å². The van der Waals surface area contributed by atoms with Crippen molar-refractivity contribution in [2.24, 2.45) is 0 Å². The second kappa shape index (κ2) is 9.27. The molecule has 3 heterocycles. The molecule has 3 aromatic rings. The Morgan fingerprint density at radius 1 is 1.00 bits per heavy atom. The van der Waals surface area contributed by atoms with Gasteiger partial charge < -0.3 is 10.2 Å². The maximum atomic E-state index is 13.4. The van der Waals surface area contributed by atoms with Crippen molar-refractivity contribution in [3.05, 3.63) is 54.6 Å². The van der Waals surface area contributed by atoms with E-state index in [1.54, 1.807) is 11.0 Å². The summed E-state index contributed by atoms with van der Waals surface area (Å²) in [5.41, 5.74) is 2.33. The Kier molecular flexibility index (Phi) is 6.04. The molecule has 0 spiro atoms. The van der Waals surface area contributed by atoms with E-state index in [0.717, 1.165) is 37.6 Å². The van der Waals surface area contributed by atoms with E-state index >= 15 is 0 Å². The Morgan fingerprint density at radius 3 is 2.52 bits per heavy atom. The smallest absolute Gasteiger partial charge is 0.244 e. The molecule has 2 aromatic carbocycles. The van der Waals surface area contributed by atoms with Crippen LogP contribution in [0.4, 0.5) is 17.3 Å². The number of rotatable bonds is 5. The van der Waals surface area contributed by atoms with Crippen molar-refractivity contribution >= 4 is 40.9 Å². The molecular weight excluding hydrogens is 436 g/mol. The van der Waals surface area contributed by atoms with Crippen LogP contribution in [0.2, 0.25) is 0 Å². The number of para-hydroxylation sites is 3. The van der Waals surface area contributed by atoms with Crippen LogP contribution in [0.5, 0.6) is 0 Å². The summed E-state index contributed by atoms with van der Waals surface area (Å²) >= 11 is 1.37. The minimum absolute atomic E-state index is 0.00511. The number of hydrogen-bond acceptors (Lipinski definition) is 6. The van der Waals surface area contributed by atoms with E-state index in [4.69, 9.17) is 0 Å². The van der Waals surface area contributed by atoms with Crippen molar-refractivity contribution < 1.29 is 9.59 Å². The predicted octanol–water partition coefficient (Wildman–Crippen LogP) is 3.72. The largest absolute Gasteiger partial charge is 0.341 e. The SMILES string of the molecule is CC(Sc1nnc(N2CCCCC2)n1-c1ccccc1)C(=O)N1CC(=O)Nc2ccccc21. The summed E-state index contributed by atoms with van der Waals surface area (Å²) in [7, 11) is 0. The first-order valence-corrected chi connectivity index (χ1v) is 12.1. The van der Waals surface area contributed by atoms with Gasteiger partial charge in [-0.1, -0.05) is 42.1 Å². The fourth-order valence-electron chi connectivity index (χ4n) is 4.30. The van der Waals surface area contributed by atoms with Crippen LogP contribution >= 0.6 is 11.8 Å². The summed E-state index contributed by atoms with van der Waals surface area (Å²) in [6, 6.07) is 17.4. The molecule has 0 radical (unpaired) electrons. The number of nitrogens with one attached hydrogen (secondary N) is 1. The van der Waals surface area contributed by atoms with E-state index in [0.29, 0.717) is 16.5 Å². The van der Waals surface area contributed by atoms with Gasteiger partial charge in [0.05, 0.1) is 22.3 Å². The lowest BCUT2D eigenvalue weighted by atomic mass is 10.1. The molecule has 1 atom stereocenters. The first-order valence-electron chi connectivity index (χ1n) is 11.2. The monoisotopic (exact) mass is 462 g/mol. The fourth-order valence-corrected chi connectivity index (χ4v) is 5.22. The minimum atomic E-state index is -0.454. The number of hydrogen-bond donors (Lipinski definition) is 1. The van der Waals surface area contributed by atoms with Crippen LogP contribution in [-0.2, 0) is 9.59 Å². The van der Waals surface area contributed by atoms with Crippen molar-refractivity contribution in [3.8, 4) is 5.69 Å². The molecule has 9 heteroatoms. The fraction of sp³-hybridized carbons (Fsp3) is 0.333. The highest BCUT2D eigenvalue weighted by Crippen LogP contribution is 2.34. The molecule has 1 N–H and O–H groups in total. The maximum Gasteiger partial charge on any atom is 0.244 e. The number of piperidine rings is 1. The van der Waals surface area contributed by atoms with E-state index in [2.05, 4.69) is 20.4 Å². The van der Waals surface area contributed by atoms with Crippen LogP contribution in [0.15, 0.2) is 59.8 Å². The standard InChI is InChI=1S/C24H26N6O2S/c1-17(22(32)29-16-21(31)25-19-12-6-7-13-20(19)29)33-24-27-26-23(28-14-8-3-9-15-28)30(24)18-10-4-2-5-11-18/h2,4-7,10-13,17H,3,8-9,14-16H2,1H3,(H,25,31). The normalized spacial score (nSPS) is 16.8. The molecule has 33 heavy (non-hydrogen) atoms. The molecule has 5 rings (SSSR count). The summed E-state index contributed by atoms with van der Waals surface area (Å²) < 4.78 is 2.04. The number of nitrogens with zero attached hydrogens (tertiary/aromatic N) is 5. The van der Waals surface area contributed by atoms with E-state index < -0.39 is 5.25 Å². The van der Waals surface area contributed by atoms with Crippen molar-refractivity contribution in [2.45, 2.75) is 36.6 Å². The van der Waals surface area contributed by atoms with Gasteiger partial charge in [-0.2, -0.15) is 0 Å². The van der Waals surface area contributed by atoms with E-state index in [1.807, 2.05) is 60.0 Å². The van der Waals surface area contributed by atoms with Crippen LogP contribution < -0.4 is 15.1 Å². The summed E-state index contributed by atoms with van der Waals surface area (Å²) in [5, 5.41) is 12.0. The van der Waals surface area contributed by atoms with Crippen molar-refractivity contribution in [3.63, 3.8) is 0 Å². The average molecular weight is 463 g/mol. The average Bonchev–Trinajstić information content (AvgIpc) is 3.27. The molecule has 170 valence electrons. The molecule has 1 aromatic heterocycles. The summed E-state index contributed by atoms with van der Waals surface area (Å²) in [5.74, 6) is 0.481. The second-order valence-electron chi connectivity index (χ2n) is 8.25. The number of anilines is 3. The van der Waals surface area contributed by atoms with Gasteiger partial charge in [0.2, 0.25) is 17.8 Å². The third kappa shape index (κ3) is 4.32. The molecule has 0 bridgehead atoms. The van der Waals surface area contributed by atoms with Gasteiger partial charge in [-0.05, 0) is 50.5 Å². The number of carbonyl (C=O) groups is 2. The summed E-state index contributed by atoms with van der Waals surface area (Å²) in [6.45, 7) is 3.76. The molecule has 1 fully saturated rings. The Bertz CT molecular complexity index is 1160. The van der Waals surface area contributed by atoms with Crippen molar-refractivity contribution in [1.29, 1.82) is 0 Å². The Morgan fingerprint density at radius 2 is 1.73 bits per heavy atom. The third-order valence-corrected chi connectivity index (χ3v) is 6.97. The Labute approximate surface area is 197 Å². The lowest BCUT2D eigenvalue weighted by Crippen LogP contribution is -2.45. The van der Waals surface area contributed by atoms with Crippen LogP contribution in [0.3, 0.4) is 0 Å².